The van der Waals surface area contributed by atoms with Gasteiger partial charge >= 0.3 is 0 Å². The van der Waals surface area contributed by atoms with Gasteiger partial charge in [-0.1, -0.05) is 12.8 Å². The molecule has 2 unspecified atom stereocenters. The van der Waals surface area contributed by atoms with E-state index in [0.29, 0.717) is 12.8 Å². The lowest BCUT2D eigenvalue weighted by Crippen LogP contribution is -2.51. The molecule has 1 aliphatic carbocycles. The Balaban J connectivity index is 1.73. The summed E-state index contributed by atoms with van der Waals surface area (Å²) in [4.78, 5) is 23.9. The van der Waals surface area contributed by atoms with Crippen LogP contribution < -0.4 is 16.4 Å². The highest BCUT2D eigenvalue weighted by Crippen LogP contribution is 2.33. The number of benzene rings is 1. The van der Waals surface area contributed by atoms with E-state index in [1.165, 1.54) is 0 Å². The molecule has 2 aliphatic rings. The predicted octanol–water partition coefficient (Wildman–Crippen LogP) is 2.42. The van der Waals surface area contributed by atoms with Crippen molar-refractivity contribution in [2.75, 3.05) is 10.6 Å². The third-order valence-electron chi connectivity index (χ3n) is 4.84. The largest absolute Gasteiger partial charge is 0.326 e. The highest BCUT2D eigenvalue weighted by Gasteiger charge is 2.37. The van der Waals surface area contributed by atoms with Crippen LogP contribution >= 0.6 is 0 Å². The van der Waals surface area contributed by atoms with Crippen molar-refractivity contribution < 1.29 is 9.59 Å². The van der Waals surface area contributed by atoms with Crippen LogP contribution in [0.2, 0.25) is 0 Å². The van der Waals surface area contributed by atoms with Crippen molar-refractivity contribution in [2.45, 2.75) is 51.0 Å². The Morgan fingerprint density at radius 1 is 1.36 bits per heavy atom. The average Bonchev–Trinajstić information content (AvgIpc) is 2.47. The lowest BCUT2D eigenvalue weighted by atomic mass is 9.74. The van der Waals surface area contributed by atoms with Crippen molar-refractivity contribution >= 4 is 23.2 Å². The van der Waals surface area contributed by atoms with Gasteiger partial charge in [-0.15, -0.1) is 0 Å². The number of anilines is 2. The SMILES string of the molecule is CC1(N)CCCCC1C(=O)Nc1ccc2c(c1)CCC(=O)N2. The molecule has 0 aromatic heterocycles. The minimum Gasteiger partial charge on any atom is -0.326 e. The van der Waals surface area contributed by atoms with Crippen LogP contribution in [0.5, 0.6) is 0 Å². The third-order valence-corrected chi connectivity index (χ3v) is 4.84. The zero-order chi connectivity index (χ0) is 15.7. The van der Waals surface area contributed by atoms with Gasteiger partial charge in [0.05, 0.1) is 5.92 Å². The van der Waals surface area contributed by atoms with E-state index in [4.69, 9.17) is 5.73 Å². The van der Waals surface area contributed by atoms with Crippen LogP contribution in [0.15, 0.2) is 18.2 Å². The molecule has 1 aromatic rings. The highest BCUT2D eigenvalue weighted by atomic mass is 16.2. The minimum absolute atomic E-state index is 0.00416. The maximum absolute atomic E-state index is 12.5. The maximum atomic E-state index is 12.5. The molecule has 1 fully saturated rings. The van der Waals surface area contributed by atoms with Crippen molar-refractivity contribution in [2.24, 2.45) is 11.7 Å². The lowest BCUT2D eigenvalue weighted by molar-refractivity contribution is -0.122. The van der Waals surface area contributed by atoms with Gasteiger partial charge in [0.2, 0.25) is 11.8 Å². The van der Waals surface area contributed by atoms with Gasteiger partial charge in [-0.25, -0.2) is 0 Å². The topological polar surface area (TPSA) is 84.2 Å². The van der Waals surface area contributed by atoms with E-state index < -0.39 is 5.54 Å². The Morgan fingerprint density at radius 3 is 2.95 bits per heavy atom. The van der Waals surface area contributed by atoms with Crippen LogP contribution in [0.3, 0.4) is 0 Å². The van der Waals surface area contributed by atoms with Gasteiger partial charge in [0.1, 0.15) is 0 Å². The Kier molecular flexibility index (Phi) is 3.91. The van der Waals surface area contributed by atoms with Gasteiger partial charge in [0, 0.05) is 23.3 Å². The Bertz CT molecular complexity index is 610. The number of carbonyl (C=O) groups is 2. The number of rotatable bonds is 2. The zero-order valence-corrected chi connectivity index (χ0v) is 12.9. The number of hydrogen-bond acceptors (Lipinski definition) is 3. The number of carbonyl (C=O) groups excluding carboxylic acids is 2. The number of hydrogen-bond donors (Lipinski definition) is 3. The van der Waals surface area contributed by atoms with Crippen molar-refractivity contribution in [3.05, 3.63) is 23.8 Å². The number of nitrogens with one attached hydrogen (secondary N) is 2. The first-order valence-corrected chi connectivity index (χ1v) is 7.98. The zero-order valence-electron chi connectivity index (χ0n) is 12.9. The molecule has 2 amide bonds. The maximum Gasteiger partial charge on any atom is 0.229 e. The van der Waals surface area contributed by atoms with Crippen LogP contribution in [-0.4, -0.2) is 17.4 Å². The van der Waals surface area contributed by atoms with E-state index in [-0.39, 0.29) is 17.7 Å². The molecule has 118 valence electrons. The van der Waals surface area contributed by atoms with Crippen molar-refractivity contribution in [3.8, 4) is 0 Å². The van der Waals surface area contributed by atoms with Crippen LogP contribution in [-0.2, 0) is 16.0 Å². The fraction of sp³-hybridized carbons (Fsp3) is 0.529. The van der Waals surface area contributed by atoms with Gasteiger partial charge in [-0.2, -0.15) is 0 Å². The van der Waals surface area contributed by atoms with E-state index in [1.54, 1.807) is 0 Å². The molecule has 3 rings (SSSR count). The van der Waals surface area contributed by atoms with Crippen LogP contribution in [0.25, 0.3) is 0 Å². The summed E-state index contributed by atoms with van der Waals surface area (Å²) in [5.74, 6) is -0.0909. The highest BCUT2D eigenvalue weighted by molar-refractivity contribution is 5.96. The van der Waals surface area contributed by atoms with Gasteiger partial charge in [0.25, 0.3) is 0 Å². The van der Waals surface area contributed by atoms with Gasteiger partial charge in [-0.3, -0.25) is 9.59 Å². The van der Waals surface area contributed by atoms with E-state index in [9.17, 15) is 9.59 Å². The molecule has 0 bridgehead atoms. The van der Waals surface area contributed by atoms with E-state index >= 15 is 0 Å². The first kappa shape index (κ1) is 15.0. The van der Waals surface area contributed by atoms with E-state index in [2.05, 4.69) is 10.6 Å². The lowest BCUT2D eigenvalue weighted by Gasteiger charge is -2.37. The summed E-state index contributed by atoms with van der Waals surface area (Å²) in [7, 11) is 0. The van der Waals surface area contributed by atoms with E-state index in [1.807, 2.05) is 25.1 Å². The predicted molar refractivity (Wildman–Crippen MR) is 86.6 cm³/mol. The summed E-state index contributed by atoms with van der Waals surface area (Å²) < 4.78 is 0. The minimum atomic E-state index is -0.426. The molecule has 0 saturated heterocycles. The molecule has 1 aromatic carbocycles. The second kappa shape index (κ2) is 5.72. The summed E-state index contributed by atoms with van der Waals surface area (Å²) in [5.41, 5.74) is 8.56. The molecular formula is C17H23N3O2. The number of nitrogens with two attached hydrogens (primary N) is 1. The molecule has 5 heteroatoms. The molecule has 1 heterocycles. The second-order valence-corrected chi connectivity index (χ2v) is 6.71. The smallest absolute Gasteiger partial charge is 0.229 e. The first-order valence-electron chi connectivity index (χ1n) is 7.98. The third kappa shape index (κ3) is 2.99. The fourth-order valence-electron chi connectivity index (χ4n) is 3.48. The summed E-state index contributed by atoms with van der Waals surface area (Å²) in [5, 5.41) is 5.84. The molecule has 0 radical (unpaired) electrons. The first-order chi connectivity index (χ1) is 10.5. The Morgan fingerprint density at radius 2 is 2.18 bits per heavy atom. The quantitative estimate of drug-likeness (QED) is 0.784. The summed E-state index contributed by atoms with van der Waals surface area (Å²) in [6.45, 7) is 1.97. The normalized spacial score (nSPS) is 27.7. The van der Waals surface area contributed by atoms with Crippen molar-refractivity contribution in [3.63, 3.8) is 0 Å². The molecule has 2 atom stereocenters. The second-order valence-electron chi connectivity index (χ2n) is 6.71. The molecule has 0 spiro atoms. The number of amides is 2. The Hall–Kier alpha value is -1.88. The average molecular weight is 301 g/mol. The van der Waals surface area contributed by atoms with Crippen LogP contribution in [0.4, 0.5) is 11.4 Å². The van der Waals surface area contributed by atoms with Gasteiger partial charge in [-0.05, 0) is 49.9 Å². The van der Waals surface area contributed by atoms with Gasteiger partial charge < -0.3 is 16.4 Å². The molecule has 1 aliphatic heterocycles. The molecular weight excluding hydrogens is 278 g/mol. The summed E-state index contributed by atoms with van der Waals surface area (Å²) in [6.07, 6.45) is 5.09. The standard InChI is InChI=1S/C17H23N3O2/c1-17(18)9-3-2-4-13(17)16(22)19-12-6-7-14-11(10-12)5-8-15(21)20-14/h6-7,10,13H,2-5,8-9,18H2,1H3,(H,19,22)(H,20,21). The van der Waals surface area contributed by atoms with Crippen LogP contribution in [0, 0.1) is 5.92 Å². The molecule has 5 nitrogen and oxygen atoms in total. The van der Waals surface area contributed by atoms with Crippen molar-refractivity contribution in [1.29, 1.82) is 0 Å². The number of aryl methyl sites for hydroxylation is 1. The fourth-order valence-corrected chi connectivity index (χ4v) is 3.48. The van der Waals surface area contributed by atoms with Crippen molar-refractivity contribution in [1.82, 2.24) is 0 Å². The van der Waals surface area contributed by atoms with Gasteiger partial charge in [0.15, 0.2) is 0 Å². The molecule has 1 saturated carbocycles. The molecule has 4 N–H and O–H groups in total. The van der Waals surface area contributed by atoms with Crippen LogP contribution in [0.1, 0.15) is 44.6 Å². The molecule has 22 heavy (non-hydrogen) atoms. The Labute approximate surface area is 130 Å². The van der Waals surface area contributed by atoms with E-state index in [0.717, 1.165) is 42.6 Å². The monoisotopic (exact) mass is 301 g/mol. The number of fused-ring (bicyclic) bond motifs is 1. The summed E-state index contributed by atoms with van der Waals surface area (Å²) in [6, 6.07) is 5.63. The summed E-state index contributed by atoms with van der Waals surface area (Å²) >= 11 is 0.